The van der Waals surface area contributed by atoms with Crippen LogP contribution in [0.1, 0.15) is 79.0 Å². The summed E-state index contributed by atoms with van der Waals surface area (Å²) >= 11 is 0. The van der Waals surface area contributed by atoms with Crippen molar-refractivity contribution in [2.45, 2.75) is 78.6 Å². The summed E-state index contributed by atoms with van der Waals surface area (Å²) in [4.78, 5) is 9.35. The van der Waals surface area contributed by atoms with Crippen molar-refractivity contribution in [3.63, 3.8) is 0 Å². The van der Waals surface area contributed by atoms with E-state index in [-0.39, 0.29) is 43.1 Å². The normalized spacial score (nSPS) is 13.1. The maximum atomic E-state index is 13.9. The fourth-order valence-corrected chi connectivity index (χ4v) is 7.95. The minimum absolute atomic E-state index is 0. The number of halogens is 1. The van der Waals surface area contributed by atoms with Crippen molar-refractivity contribution in [3.8, 4) is 28.4 Å². The molecule has 0 atom stereocenters. The van der Waals surface area contributed by atoms with Crippen molar-refractivity contribution >= 4 is 44.6 Å². The summed E-state index contributed by atoms with van der Waals surface area (Å²) < 4.78 is 22.7. The van der Waals surface area contributed by atoms with Crippen LogP contribution in [0.2, 0.25) is 0 Å². The molecule has 0 radical (unpaired) electrons. The van der Waals surface area contributed by atoms with E-state index < -0.39 is 0 Å². The summed E-state index contributed by atoms with van der Waals surface area (Å²) in [6, 6.07) is 50.1. The first-order chi connectivity index (χ1) is 28.5. The van der Waals surface area contributed by atoms with Crippen LogP contribution in [-0.2, 0) is 37.3 Å². The first-order valence-electron chi connectivity index (χ1n) is 20.6. The second-order valence-corrected chi connectivity index (χ2v) is 18.9. The van der Waals surface area contributed by atoms with Gasteiger partial charge in [-0.2, -0.15) is 12.1 Å². The van der Waals surface area contributed by atoms with Gasteiger partial charge in [0, 0.05) is 61.3 Å². The number of rotatable bonds is 6. The fourth-order valence-electron chi connectivity index (χ4n) is 7.95. The van der Waals surface area contributed by atoms with Gasteiger partial charge >= 0.3 is 0 Å². The van der Waals surface area contributed by atoms with Gasteiger partial charge in [-0.3, -0.25) is 0 Å². The monoisotopic (exact) mass is 984 g/mol. The third kappa shape index (κ3) is 8.11. The largest absolute Gasteiger partial charge is 0.509 e. The Morgan fingerprint density at radius 1 is 0.574 bits per heavy atom. The molecule has 0 spiro atoms. The topological polar surface area (TPSA) is 33.5 Å². The van der Waals surface area contributed by atoms with E-state index in [0.29, 0.717) is 11.5 Å². The van der Waals surface area contributed by atoms with E-state index in [0.717, 1.165) is 61.5 Å². The molecule has 6 aromatic carbocycles. The minimum Gasteiger partial charge on any atom is -0.509 e. The average Bonchev–Trinajstić information content (AvgIpc) is 3.76. The van der Waals surface area contributed by atoms with Gasteiger partial charge in [0.25, 0.3) is 0 Å². The van der Waals surface area contributed by atoms with E-state index in [2.05, 4.69) is 180 Å². The van der Waals surface area contributed by atoms with Crippen LogP contribution in [0, 0.1) is 24.6 Å². The summed E-state index contributed by atoms with van der Waals surface area (Å²) in [5.74, 6) is 1.68. The Morgan fingerprint density at radius 2 is 1.25 bits per heavy atom. The van der Waals surface area contributed by atoms with Crippen LogP contribution in [0.4, 0.5) is 27.1 Å². The van der Waals surface area contributed by atoms with Crippen molar-refractivity contribution < 1.29 is 30.2 Å². The number of pyridine rings is 1. The van der Waals surface area contributed by atoms with E-state index in [1.165, 1.54) is 28.8 Å². The first kappa shape index (κ1) is 42.0. The Morgan fingerprint density at radius 3 is 1.98 bits per heavy atom. The SMILES string of the molecule is CC(C)(C)c1cccc(N2[CH-]N(c3[c-]c(Oc4[c-]c5c(cc4)c4cc(-c6ccc(F)cc6)ccc4n5-c4cc(C(C)(C)C)ccn4)ccc3)c3cc(C(C)(C)C)ccc32)c1.[Pt]. The van der Waals surface area contributed by atoms with Gasteiger partial charge in [0.1, 0.15) is 11.6 Å². The van der Waals surface area contributed by atoms with Crippen LogP contribution in [0.25, 0.3) is 38.8 Å². The maximum Gasteiger partial charge on any atom is 0.135 e. The first-order valence-corrected chi connectivity index (χ1v) is 20.6. The van der Waals surface area contributed by atoms with E-state index in [9.17, 15) is 4.39 Å². The summed E-state index contributed by atoms with van der Waals surface area (Å²) in [5, 5.41) is 2.05. The van der Waals surface area contributed by atoms with Gasteiger partial charge in [0.05, 0.1) is 0 Å². The van der Waals surface area contributed by atoms with Crippen LogP contribution >= 0.6 is 0 Å². The van der Waals surface area contributed by atoms with Crippen LogP contribution < -0.4 is 14.5 Å². The number of ether oxygens (including phenoxy) is 1. The third-order valence-electron chi connectivity index (χ3n) is 11.5. The Balaban J connectivity index is 0.00000514. The molecule has 8 aromatic rings. The molecule has 0 saturated heterocycles. The average molecular weight is 985 g/mol. The smallest absolute Gasteiger partial charge is 0.135 e. The molecule has 7 heteroatoms. The fraction of sp³-hybridized carbons (Fsp3) is 0.222. The number of aromatic nitrogens is 2. The summed E-state index contributed by atoms with van der Waals surface area (Å²) in [6.07, 6.45) is 1.88. The molecule has 0 saturated carbocycles. The molecule has 9 rings (SSSR count). The van der Waals surface area contributed by atoms with Crippen molar-refractivity contribution in [3.05, 3.63) is 175 Å². The predicted molar refractivity (Wildman–Crippen MR) is 246 cm³/mol. The number of hydrogen-bond donors (Lipinski definition) is 0. The molecule has 2 aromatic heterocycles. The van der Waals surface area contributed by atoms with Crippen molar-refractivity contribution in [2.24, 2.45) is 0 Å². The molecule has 312 valence electrons. The maximum absolute atomic E-state index is 13.9. The molecule has 0 N–H and O–H groups in total. The van der Waals surface area contributed by atoms with E-state index >= 15 is 0 Å². The molecule has 0 unspecified atom stereocenters. The predicted octanol–water partition coefficient (Wildman–Crippen LogP) is 14.7. The molecule has 0 bridgehead atoms. The number of anilines is 4. The second kappa shape index (κ2) is 15.6. The van der Waals surface area contributed by atoms with Crippen molar-refractivity contribution in [1.29, 1.82) is 0 Å². The quantitative estimate of drug-likeness (QED) is 0.156. The molecule has 0 aliphatic carbocycles. The molecule has 3 heterocycles. The van der Waals surface area contributed by atoms with Crippen molar-refractivity contribution in [1.82, 2.24) is 9.55 Å². The molecule has 0 fully saturated rings. The zero-order valence-corrected chi connectivity index (χ0v) is 38.4. The van der Waals surface area contributed by atoms with Gasteiger partial charge in [0.2, 0.25) is 0 Å². The van der Waals surface area contributed by atoms with Gasteiger partial charge in [-0.25, -0.2) is 9.37 Å². The van der Waals surface area contributed by atoms with E-state index in [1.54, 1.807) is 0 Å². The van der Waals surface area contributed by atoms with Crippen LogP contribution in [0.15, 0.2) is 134 Å². The molecule has 1 aliphatic rings. The van der Waals surface area contributed by atoms with Crippen LogP contribution in [-0.4, -0.2) is 9.55 Å². The summed E-state index contributed by atoms with van der Waals surface area (Å²) in [7, 11) is 0. The van der Waals surface area contributed by atoms with E-state index in [1.807, 2.05) is 36.5 Å². The van der Waals surface area contributed by atoms with Crippen LogP contribution in [0.3, 0.4) is 0 Å². The zero-order valence-electron chi connectivity index (χ0n) is 36.2. The molecule has 5 nitrogen and oxygen atoms in total. The second-order valence-electron chi connectivity index (χ2n) is 18.9. The van der Waals surface area contributed by atoms with Crippen molar-refractivity contribution in [2.75, 3.05) is 9.80 Å². The van der Waals surface area contributed by atoms with Gasteiger partial charge < -0.3 is 19.1 Å². The Hall–Kier alpha value is -5.71. The van der Waals surface area contributed by atoms with Crippen LogP contribution in [0.5, 0.6) is 11.5 Å². The molecular formula is C54H50FN4OPt-3. The standard InChI is InChI=1S/C54H50FN4O.Pt/c1-52(2,3)37-12-10-13-41(29-37)57-34-58(50-30-38(53(4,5)6)19-25-48(50)57)42-14-11-15-43(32-42)60-44-22-23-45-46-28-36(35-16-20-40(55)21-17-35)18-24-47(46)59(49(45)33-44)51-31-39(26-27-56-51)54(7,8)9;/h10-31,34H,1-9H3;/q-3;. The Kier molecular flexibility index (Phi) is 10.8. The number of fused-ring (bicyclic) bond motifs is 4. The van der Waals surface area contributed by atoms with Gasteiger partial charge in [-0.15, -0.1) is 48.1 Å². The zero-order chi connectivity index (χ0) is 42.1. The van der Waals surface area contributed by atoms with E-state index in [4.69, 9.17) is 9.72 Å². The molecule has 1 aliphatic heterocycles. The van der Waals surface area contributed by atoms with Gasteiger partial charge in [-0.05, 0) is 104 Å². The number of benzene rings is 6. The number of nitrogens with zero attached hydrogens (tertiary/aromatic N) is 4. The summed E-state index contributed by atoms with van der Waals surface area (Å²) in [5.41, 5.74) is 11.6. The number of hydrogen-bond acceptors (Lipinski definition) is 4. The molecular weight excluding hydrogens is 935 g/mol. The van der Waals surface area contributed by atoms with Gasteiger partial charge in [0.15, 0.2) is 0 Å². The van der Waals surface area contributed by atoms with Gasteiger partial charge in [-0.1, -0.05) is 110 Å². The summed E-state index contributed by atoms with van der Waals surface area (Å²) in [6.45, 7) is 22.3. The molecule has 0 amide bonds. The Bertz CT molecular complexity index is 2910. The minimum atomic E-state index is -0.256. The third-order valence-corrected chi connectivity index (χ3v) is 11.5. The molecule has 61 heavy (non-hydrogen) atoms. The Labute approximate surface area is 374 Å².